The van der Waals surface area contributed by atoms with Gasteiger partial charge in [0.1, 0.15) is 5.69 Å². The van der Waals surface area contributed by atoms with Gasteiger partial charge in [-0.15, -0.1) is 0 Å². The lowest BCUT2D eigenvalue weighted by Gasteiger charge is -2.35. The molecule has 0 saturated carbocycles. The van der Waals surface area contributed by atoms with Crippen LogP contribution in [-0.4, -0.2) is 56.9 Å². The number of anilines is 2. The van der Waals surface area contributed by atoms with Crippen molar-refractivity contribution in [3.05, 3.63) is 28.3 Å². The summed E-state index contributed by atoms with van der Waals surface area (Å²) in [6, 6.07) is 5.88. The Morgan fingerprint density at radius 1 is 1.27 bits per heavy atom. The van der Waals surface area contributed by atoms with Crippen molar-refractivity contribution in [1.82, 2.24) is 5.32 Å². The van der Waals surface area contributed by atoms with Gasteiger partial charge in [-0.3, -0.25) is 10.1 Å². The van der Waals surface area contributed by atoms with E-state index in [1.165, 1.54) is 0 Å². The Bertz CT molecular complexity index is 546. The number of benzene rings is 1. The minimum atomic E-state index is -0.297. The molecule has 1 atom stereocenters. The lowest BCUT2D eigenvalue weighted by atomic mass is 10.1. The Labute approximate surface area is 130 Å². The molecule has 2 fully saturated rings. The number of nitro groups is 1. The molecule has 3 rings (SSSR count). The number of nitrogens with one attached hydrogen (secondary N) is 1. The van der Waals surface area contributed by atoms with Gasteiger partial charge in [0.15, 0.2) is 0 Å². The van der Waals surface area contributed by atoms with Crippen LogP contribution in [0.15, 0.2) is 18.2 Å². The van der Waals surface area contributed by atoms with Crippen molar-refractivity contribution in [2.75, 3.05) is 55.7 Å². The first-order chi connectivity index (χ1) is 10.6. The van der Waals surface area contributed by atoms with Gasteiger partial charge >= 0.3 is 0 Å². The maximum Gasteiger partial charge on any atom is 0.292 e. The number of morpholine rings is 1. The quantitative estimate of drug-likeness (QED) is 0.669. The monoisotopic (exact) mass is 306 g/mol. The zero-order chi connectivity index (χ0) is 15.5. The number of piperazine rings is 1. The summed E-state index contributed by atoms with van der Waals surface area (Å²) in [5, 5.41) is 14.7. The molecular formula is C15H22N4O3. The van der Waals surface area contributed by atoms with E-state index >= 15 is 0 Å². The van der Waals surface area contributed by atoms with E-state index in [-0.39, 0.29) is 10.6 Å². The first kappa shape index (κ1) is 15.1. The van der Waals surface area contributed by atoms with Crippen LogP contribution in [0.2, 0.25) is 0 Å². The zero-order valence-electron chi connectivity index (χ0n) is 12.8. The SMILES string of the molecule is C[C@@H]1CN(c2ccc([N+](=O)[O-])c(N3CCOCC3)c2)CCN1. The molecule has 0 radical (unpaired) electrons. The number of rotatable bonds is 3. The Balaban J connectivity index is 1.90. The second-order valence-corrected chi connectivity index (χ2v) is 5.83. The summed E-state index contributed by atoms with van der Waals surface area (Å²) < 4.78 is 5.35. The summed E-state index contributed by atoms with van der Waals surface area (Å²) in [5.74, 6) is 0. The highest BCUT2D eigenvalue weighted by atomic mass is 16.6. The van der Waals surface area contributed by atoms with Crippen LogP contribution >= 0.6 is 0 Å². The summed E-state index contributed by atoms with van der Waals surface area (Å²) in [6.45, 7) is 7.55. The first-order valence-electron chi connectivity index (χ1n) is 7.74. The zero-order valence-corrected chi connectivity index (χ0v) is 12.8. The fraction of sp³-hybridized carbons (Fsp3) is 0.600. The van der Waals surface area contributed by atoms with Crippen molar-refractivity contribution in [2.45, 2.75) is 13.0 Å². The van der Waals surface area contributed by atoms with Crippen molar-refractivity contribution in [1.29, 1.82) is 0 Å². The van der Waals surface area contributed by atoms with Crippen LogP contribution in [0.25, 0.3) is 0 Å². The number of nitro benzene ring substituents is 1. The molecule has 0 unspecified atom stereocenters. The summed E-state index contributed by atoms with van der Waals surface area (Å²) in [6.07, 6.45) is 0. The van der Waals surface area contributed by atoms with E-state index in [9.17, 15) is 10.1 Å². The average Bonchev–Trinajstić information content (AvgIpc) is 2.55. The van der Waals surface area contributed by atoms with Gasteiger partial charge in [-0.25, -0.2) is 0 Å². The van der Waals surface area contributed by atoms with Crippen LogP contribution in [-0.2, 0) is 4.74 Å². The number of ether oxygens (including phenoxy) is 1. The molecule has 0 bridgehead atoms. The smallest absolute Gasteiger partial charge is 0.292 e. The second kappa shape index (κ2) is 6.50. The largest absolute Gasteiger partial charge is 0.378 e. The molecule has 2 heterocycles. The number of hydrogen-bond acceptors (Lipinski definition) is 6. The molecule has 1 aromatic carbocycles. The van der Waals surface area contributed by atoms with Gasteiger partial charge in [0, 0.05) is 50.5 Å². The number of nitrogens with zero attached hydrogens (tertiary/aromatic N) is 3. The normalized spacial score (nSPS) is 22.7. The van der Waals surface area contributed by atoms with Crippen LogP contribution in [0.3, 0.4) is 0 Å². The fourth-order valence-electron chi connectivity index (χ4n) is 3.09. The molecule has 2 saturated heterocycles. The second-order valence-electron chi connectivity index (χ2n) is 5.83. The van der Waals surface area contributed by atoms with Crippen molar-refractivity contribution < 1.29 is 9.66 Å². The standard InChI is InChI=1S/C15H22N4O3/c1-12-11-18(5-4-16-12)13-2-3-14(19(20)21)15(10-13)17-6-8-22-9-7-17/h2-3,10,12,16H,4-9,11H2,1H3/t12-/m1/s1. The van der Waals surface area contributed by atoms with Gasteiger partial charge in [-0.1, -0.05) is 0 Å². The molecular weight excluding hydrogens is 284 g/mol. The summed E-state index contributed by atoms with van der Waals surface area (Å²) in [4.78, 5) is 15.4. The van der Waals surface area contributed by atoms with E-state index in [1.807, 2.05) is 12.1 Å². The molecule has 120 valence electrons. The van der Waals surface area contributed by atoms with Gasteiger partial charge in [0.2, 0.25) is 0 Å². The minimum Gasteiger partial charge on any atom is -0.378 e. The van der Waals surface area contributed by atoms with Gasteiger partial charge in [-0.05, 0) is 19.1 Å². The Hall–Kier alpha value is -1.86. The third-order valence-corrected chi connectivity index (χ3v) is 4.24. The topological polar surface area (TPSA) is 70.9 Å². The van der Waals surface area contributed by atoms with Gasteiger partial charge in [-0.2, -0.15) is 0 Å². The molecule has 0 spiro atoms. The molecule has 1 aromatic rings. The van der Waals surface area contributed by atoms with Crippen LogP contribution < -0.4 is 15.1 Å². The lowest BCUT2D eigenvalue weighted by Crippen LogP contribution is -2.49. The number of hydrogen-bond donors (Lipinski definition) is 1. The molecule has 22 heavy (non-hydrogen) atoms. The molecule has 0 amide bonds. The molecule has 0 aliphatic carbocycles. The molecule has 0 aromatic heterocycles. The predicted octanol–water partition coefficient (Wildman–Crippen LogP) is 1.23. The van der Waals surface area contributed by atoms with Crippen LogP contribution in [0.4, 0.5) is 17.1 Å². The van der Waals surface area contributed by atoms with Crippen molar-refractivity contribution >= 4 is 17.1 Å². The molecule has 2 aliphatic heterocycles. The van der Waals surface area contributed by atoms with E-state index in [2.05, 4.69) is 22.0 Å². The highest BCUT2D eigenvalue weighted by Gasteiger charge is 2.24. The summed E-state index contributed by atoms with van der Waals surface area (Å²) >= 11 is 0. The van der Waals surface area contributed by atoms with E-state index in [0.29, 0.717) is 38.0 Å². The highest BCUT2D eigenvalue weighted by Crippen LogP contribution is 2.33. The van der Waals surface area contributed by atoms with E-state index in [4.69, 9.17) is 4.74 Å². The molecule has 7 heteroatoms. The molecule has 7 nitrogen and oxygen atoms in total. The minimum absolute atomic E-state index is 0.175. The Kier molecular flexibility index (Phi) is 4.44. The fourth-order valence-corrected chi connectivity index (χ4v) is 3.09. The molecule has 1 N–H and O–H groups in total. The van der Waals surface area contributed by atoms with Crippen molar-refractivity contribution in [2.24, 2.45) is 0 Å². The average molecular weight is 306 g/mol. The predicted molar refractivity (Wildman–Crippen MR) is 85.8 cm³/mol. The summed E-state index contributed by atoms with van der Waals surface area (Å²) in [5.41, 5.74) is 1.94. The first-order valence-corrected chi connectivity index (χ1v) is 7.74. The van der Waals surface area contributed by atoms with Gasteiger partial charge < -0.3 is 19.9 Å². The third kappa shape index (κ3) is 3.15. The Morgan fingerprint density at radius 3 is 2.73 bits per heavy atom. The maximum absolute atomic E-state index is 11.3. The van der Waals surface area contributed by atoms with Crippen molar-refractivity contribution in [3.63, 3.8) is 0 Å². The maximum atomic E-state index is 11.3. The summed E-state index contributed by atoms with van der Waals surface area (Å²) in [7, 11) is 0. The van der Waals surface area contributed by atoms with E-state index < -0.39 is 0 Å². The third-order valence-electron chi connectivity index (χ3n) is 4.24. The van der Waals surface area contributed by atoms with Gasteiger partial charge in [0.05, 0.1) is 18.1 Å². The van der Waals surface area contributed by atoms with E-state index in [1.54, 1.807) is 6.07 Å². The van der Waals surface area contributed by atoms with Gasteiger partial charge in [0.25, 0.3) is 5.69 Å². The lowest BCUT2D eigenvalue weighted by molar-refractivity contribution is -0.384. The van der Waals surface area contributed by atoms with Crippen LogP contribution in [0.1, 0.15) is 6.92 Å². The highest BCUT2D eigenvalue weighted by molar-refractivity contribution is 5.70. The van der Waals surface area contributed by atoms with Crippen LogP contribution in [0, 0.1) is 10.1 Å². The van der Waals surface area contributed by atoms with Crippen LogP contribution in [0.5, 0.6) is 0 Å². The van der Waals surface area contributed by atoms with Crippen molar-refractivity contribution in [3.8, 4) is 0 Å². The Morgan fingerprint density at radius 2 is 2.05 bits per heavy atom. The molecule has 2 aliphatic rings. The van der Waals surface area contributed by atoms with E-state index in [0.717, 1.165) is 25.3 Å².